The summed E-state index contributed by atoms with van der Waals surface area (Å²) >= 11 is 2.11. The second-order valence-electron chi connectivity index (χ2n) is 7.63. The Morgan fingerprint density at radius 3 is 1.82 bits per heavy atom. The molecule has 2 rings (SSSR count). The normalized spacial score (nSPS) is 27.2. The van der Waals surface area contributed by atoms with Crippen molar-refractivity contribution in [3.63, 3.8) is 0 Å². The van der Waals surface area contributed by atoms with Crippen LogP contribution >= 0.6 is 11.8 Å². The van der Waals surface area contributed by atoms with Gasteiger partial charge >= 0.3 is 0 Å². The molecule has 0 aliphatic carbocycles. The van der Waals surface area contributed by atoms with E-state index in [0.29, 0.717) is 16.6 Å². The third kappa shape index (κ3) is 2.52. The van der Waals surface area contributed by atoms with Crippen LogP contribution in [0.25, 0.3) is 0 Å². The van der Waals surface area contributed by atoms with Crippen LogP contribution in [0.4, 0.5) is 0 Å². The predicted molar refractivity (Wildman–Crippen MR) is 77.8 cm³/mol. The minimum Gasteiger partial charge on any atom is -0.295 e. The van der Waals surface area contributed by atoms with Gasteiger partial charge in [-0.05, 0) is 41.5 Å². The highest BCUT2D eigenvalue weighted by molar-refractivity contribution is 8.00. The summed E-state index contributed by atoms with van der Waals surface area (Å²) in [5, 5.41) is 0. The van der Waals surface area contributed by atoms with Gasteiger partial charge in [-0.3, -0.25) is 9.80 Å². The average Bonchev–Trinajstić information content (AvgIpc) is 2.11. The first-order valence-corrected chi connectivity index (χ1v) is 7.91. The van der Waals surface area contributed by atoms with Crippen LogP contribution in [0.5, 0.6) is 0 Å². The van der Waals surface area contributed by atoms with Gasteiger partial charge in [0.15, 0.2) is 0 Å². The van der Waals surface area contributed by atoms with Gasteiger partial charge in [0.2, 0.25) is 0 Å². The van der Waals surface area contributed by atoms with Gasteiger partial charge in [0, 0.05) is 42.2 Å². The van der Waals surface area contributed by atoms with E-state index in [1.54, 1.807) is 0 Å². The summed E-state index contributed by atoms with van der Waals surface area (Å²) in [6.45, 7) is 17.8. The van der Waals surface area contributed by atoms with E-state index in [4.69, 9.17) is 0 Å². The molecule has 0 aromatic carbocycles. The standard InChI is InChI=1S/C14H28N2S/c1-12(2,3)15-7-8-16(13(4,5)6)14(9-15)10-17-11-14/h7-11H2,1-6H3. The maximum atomic E-state index is 2.76. The van der Waals surface area contributed by atoms with Gasteiger partial charge in [0.25, 0.3) is 0 Å². The van der Waals surface area contributed by atoms with Crippen LogP contribution in [-0.2, 0) is 0 Å². The zero-order chi connectivity index (χ0) is 12.9. The van der Waals surface area contributed by atoms with Crippen LogP contribution in [0, 0.1) is 0 Å². The van der Waals surface area contributed by atoms with Crippen molar-refractivity contribution in [3.05, 3.63) is 0 Å². The van der Waals surface area contributed by atoms with Crippen LogP contribution in [0.3, 0.4) is 0 Å². The fourth-order valence-corrected chi connectivity index (χ4v) is 4.35. The highest BCUT2D eigenvalue weighted by atomic mass is 32.2. The van der Waals surface area contributed by atoms with E-state index in [9.17, 15) is 0 Å². The topological polar surface area (TPSA) is 6.48 Å². The molecule has 0 bridgehead atoms. The summed E-state index contributed by atoms with van der Waals surface area (Å²) in [4.78, 5) is 5.44. The molecule has 0 atom stereocenters. The van der Waals surface area contributed by atoms with Gasteiger partial charge in [-0.15, -0.1) is 0 Å². The first kappa shape index (κ1) is 13.7. The fraction of sp³-hybridized carbons (Fsp3) is 1.00. The van der Waals surface area contributed by atoms with Crippen molar-refractivity contribution in [1.82, 2.24) is 9.80 Å². The molecule has 0 radical (unpaired) electrons. The third-order valence-corrected chi connectivity index (χ3v) is 5.63. The molecule has 0 aromatic rings. The highest BCUT2D eigenvalue weighted by Crippen LogP contribution is 2.42. The summed E-state index contributed by atoms with van der Waals surface area (Å²) in [5.74, 6) is 2.63. The molecule has 0 saturated carbocycles. The van der Waals surface area contributed by atoms with Crippen LogP contribution in [-0.4, -0.2) is 57.6 Å². The lowest BCUT2D eigenvalue weighted by Crippen LogP contribution is -2.74. The largest absolute Gasteiger partial charge is 0.295 e. The molecule has 0 aromatic heterocycles. The van der Waals surface area contributed by atoms with Crippen molar-refractivity contribution in [3.8, 4) is 0 Å². The molecule has 2 saturated heterocycles. The van der Waals surface area contributed by atoms with Crippen molar-refractivity contribution in [1.29, 1.82) is 0 Å². The molecule has 0 N–H and O–H groups in total. The van der Waals surface area contributed by atoms with Gasteiger partial charge in [-0.1, -0.05) is 0 Å². The summed E-state index contributed by atoms with van der Waals surface area (Å²) in [5.41, 5.74) is 1.08. The van der Waals surface area contributed by atoms with Crippen LogP contribution in [0.15, 0.2) is 0 Å². The molecular weight excluding hydrogens is 228 g/mol. The van der Waals surface area contributed by atoms with Gasteiger partial charge in [-0.2, -0.15) is 11.8 Å². The van der Waals surface area contributed by atoms with Gasteiger partial charge in [0.1, 0.15) is 0 Å². The molecule has 2 nitrogen and oxygen atoms in total. The molecule has 0 unspecified atom stereocenters. The maximum absolute atomic E-state index is 2.76. The first-order valence-electron chi connectivity index (χ1n) is 6.76. The van der Waals surface area contributed by atoms with Gasteiger partial charge in [-0.25, -0.2) is 0 Å². The maximum Gasteiger partial charge on any atom is 0.0522 e. The fourth-order valence-electron chi connectivity index (χ4n) is 3.18. The first-order chi connectivity index (χ1) is 7.65. The van der Waals surface area contributed by atoms with Crippen LogP contribution in [0.1, 0.15) is 41.5 Å². The second kappa shape index (κ2) is 4.14. The van der Waals surface area contributed by atoms with E-state index >= 15 is 0 Å². The smallest absolute Gasteiger partial charge is 0.0522 e. The summed E-state index contributed by atoms with van der Waals surface area (Å²) in [6, 6.07) is 0. The molecule has 2 heterocycles. The van der Waals surface area contributed by atoms with Crippen molar-refractivity contribution < 1.29 is 0 Å². The lowest BCUT2D eigenvalue weighted by atomic mass is 9.88. The van der Waals surface area contributed by atoms with E-state index in [-0.39, 0.29) is 0 Å². The zero-order valence-corrected chi connectivity index (χ0v) is 13.2. The van der Waals surface area contributed by atoms with Crippen LogP contribution in [0.2, 0.25) is 0 Å². The SMILES string of the molecule is CC(C)(C)N1CCN(C(C)(C)C)C2(CSC2)C1. The van der Waals surface area contributed by atoms with Crippen molar-refractivity contribution >= 4 is 11.8 Å². The number of hydrogen-bond acceptors (Lipinski definition) is 3. The Morgan fingerprint density at radius 1 is 0.882 bits per heavy atom. The Labute approximate surface area is 111 Å². The minimum atomic E-state index is 0.310. The Bertz CT molecular complexity index is 284. The number of rotatable bonds is 0. The molecule has 2 aliphatic heterocycles. The van der Waals surface area contributed by atoms with E-state index in [2.05, 4.69) is 63.1 Å². The number of nitrogens with zero attached hydrogens (tertiary/aromatic N) is 2. The summed E-state index contributed by atoms with van der Waals surface area (Å²) in [6.07, 6.45) is 0. The third-order valence-electron chi connectivity index (χ3n) is 4.15. The summed E-state index contributed by atoms with van der Waals surface area (Å²) < 4.78 is 0. The average molecular weight is 256 g/mol. The Hall–Kier alpha value is 0.270. The van der Waals surface area contributed by atoms with Gasteiger partial charge < -0.3 is 0 Å². The predicted octanol–water partition coefficient (Wildman–Crippen LogP) is 2.69. The van der Waals surface area contributed by atoms with Crippen LogP contribution < -0.4 is 0 Å². The number of hydrogen-bond donors (Lipinski definition) is 0. The monoisotopic (exact) mass is 256 g/mol. The molecule has 2 fully saturated rings. The second-order valence-corrected chi connectivity index (χ2v) is 8.62. The zero-order valence-electron chi connectivity index (χ0n) is 12.3. The molecule has 100 valence electrons. The highest BCUT2D eigenvalue weighted by Gasteiger charge is 2.51. The lowest BCUT2D eigenvalue weighted by Gasteiger charge is -2.61. The molecular formula is C14H28N2S. The number of thioether (sulfide) groups is 1. The lowest BCUT2D eigenvalue weighted by molar-refractivity contribution is -0.0640. The molecule has 3 heteroatoms. The Balaban J connectivity index is 2.16. The van der Waals surface area contributed by atoms with E-state index in [1.165, 1.54) is 31.1 Å². The Morgan fingerprint density at radius 2 is 1.47 bits per heavy atom. The molecule has 0 amide bonds. The van der Waals surface area contributed by atoms with Crippen molar-refractivity contribution in [2.45, 2.75) is 58.2 Å². The minimum absolute atomic E-state index is 0.310. The van der Waals surface area contributed by atoms with E-state index < -0.39 is 0 Å². The van der Waals surface area contributed by atoms with E-state index in [1.807, 2.05) is 0 Å². The molecule has 17 heavy (non-hydrogen) atoms. The summed E-state index contributed by atoms with van der Waals surface area (Å²) in [7, 11) is 0. The van der Waals surface area contributed by atoms with E-state index in [0.717, 1.165) is 0 Å². The van der Waals surface area contributed by atoms with Crippen molar-refractivity contribution in [2.75, 3.05) is 31.1 Å². The molecule has 1 spiro atoms. The number of piperazine rings is 1. The van der Waals surface area contributed by atoms with Gasteiger partial charge in [0.05, 0.1) is 5.54 Å². The Kier molecular flexibility index (Phi) is 3.34. The quantitative estimate of drug-likeness (QED) is 0.658. The van der Waals surface area contributed by atoms with Crippen molar-refractivity contribution in [2.24, 2.45) is 0 Å². The molecule has 2 aliphatic rings.